The van der Waals surface area contributed by atoms with Crippen LogP contribution in [0.4, 0.5) is 0 Å². The lowest BCUT2D eigenvalue weighted by Gasteiger charge is -2.29. The average Bonchev–Trinajstić information content (AvgIpc) is 3.33. The van der Waals surface area contributed by atoms with Gasteiger partial charge in [-0.1, -0.05) is 36.4 Å². The number of hydrogen-bond acceptors (Lipinski definition) is 4. The summed E-state index contributed by atoms with van der Waals surface area (Å²) in [6.45, 7) is 3.94. The molecule has 0 saturated carbocycles. The number of benzene rings is 2. The lowest BCUT2D eigenvalue weighted by atomic mass is 10.1. The van der Waals surface area contributed by atoms with E-state index in [9.17, 15) is 0 Å². The second kappa shape index (κ2) is 13.4. The van der Waals surface area contributed by atoms with E-state index in [1.807, 2.05) is 19.2 Å². The van der Waals surface area contributed by atoms with Crippen LogP contribution in [0, 0.1) is 0 Å². The molecule has 0 radical (unpaired) electrons. The van der Waals surface area contributed by atoms with E-state index in [2.05, 4.69) is 56.9 Å². The Kier molecular flexibility index (Phi) is 10.9. The highest BCUT2D eigenvalue weighted by atomic mass is 127. The summed E-state index contributed by atoms with van der Waals surface area (Å²) < 4.78 is 10.7. The van der Waals surface area contributed by atoms with Crippen LogP contribution in [0.25, 0.3) is 0 Å². The first kappa shape index (κ1) is 25.3. The molecule has 0 amide bonds. The SMILES string of the molecule is CN=C(NCCc1ccc(OC)c(OC)c1)NCC(c1ccccc1)N1CCCC1.I. The van der Waals surface area contributed by atoms with E-state index < -0.39 is 0 Å². The molecule has 31 heavy (non-hydrogen) atoms. The molecule has 1 saturated heterocycles. The molecule has 0 aliphatic carbocycles. The Labute approximate surface area is 203 Å². The lowest BCUT2D eigenvalue weighted by molar-refractivity contribution is 0.245. The second-order valence-corrected chi connectivity index (χ2v) is 7.49. The quantitative estimate of drug-likeness (QED) is 0.289. The third-order valence-electron chi connectivity index (χ3n) is 5.61. The number of ether oxygens (including phenoxy) is 2. The lowest BCUT2D eigenvalue weighted by Crippen LogP contribution is -2.43. The summed E-state index contributed by atoms with van der Waals surface area (Å²) in [7, 11) is 5.13. The second-order valence-electron chi connectivity index (χ2n) is 7.49. The maximum atomic E-state index is 5.40. The van der Waals surface area contributed by atoms with Crippen LogP contribution in [0.5, 0.6) is 11.5 Å². The van der Waals surface area contributed by atoms with E-state index in [1.54, 1.807) is 14.2 Å². The van der Waals surface area contributed by atoms with Crippen molar-refractivity contribution in [2.45, 2.75) is 25.3 Å². The highest BCUT2D eigenvalue weighted by molar-refractivity contribution is 14.0. The minimum atomic E-state index is 0. The fourth-order valence-electron chi connectivity index (χ4n) is 3.96. The molecule has 0 bridgehead atoms. The molecule has 2 N–H and O–H groups in total. The van der Waals surface area contributed by atoms with Crippen LogP contribution in [0.1, 0.15) is 30.0 Å². The van der Waals surface area contributed by atoms with Crippen LogP contribution in [-0.4, -0.2) is 58.3 Å². The van der Waals surface area contributed by atoms with Crippen molar-refractivity contribution in [3.8, 4) is 11.5 Å². The summed E-state index contributed by atoms with van der Waals surface area (Å²) in [4.78, 5) is 6.97. The topological polar surface area (TPSA) is 58.1 Å². The maximum Gasteiger partial charge on any atom is 0.191 e. The van der Waals surface area contributed by atoms with Gasteiger partial charge in [-0.05, 0) is 55.6 Å². The Morgan fingerprint density at radius 1 is 1.00 bits per heavy atom. The molecular formula is C24H35IN4O2. The molecule has 1 aliphatic rings. The van der Waals surface area contributed by atoms with Crippen LogP contribution in [-0.2, 0) is 6.42 Å². The van der Waals surface area contributed by atoms with Gasteiger partial charge in [0.05, 0.1) is 20.3 Å². The molecule has 1 aliphatic heterocycles. The zero-order valence-electron chi connectivity index (χ0n) is 18.8. The number of rotatable bonds is 9. The number of guanidine groups is 1. The molecule has 0 aromatic heterocycles. The van der Waals surface area contributed by atoms with Crippen molar-refractivity contribution in [2.75, 3.05) is 47.4 Å². The predicted octanol–water partition coefficient (Wildman–Crippen LogP) is 3.87. The van der Waals surface area contributed by atoms with E-state index in [0.717, 1.165) is 50.1 Å². The highest BCUT2D eigenvalue weighted by Gasteiger charge is 2.23. The Hall–Kier alpha value is -2.00. The smallest absolute Gasteiger partial charge is 0.191 e. The molecule has 3 rings (SSSR count). The molecule has 1 unspecified atom stereocenters. The highest BCUT2D eigenvalue weighted by Crippen LogP contribution is 2.27. The number of halogens is 1. The summed E-state index contributed by atoms with van der Waals surface area (Å²) >= 11 is 0. The number of likely N-dealkylation sites (tertiary alicyclic amines) is 1. The van der Waals surface area contributed by atoms with Crippen molar-refractivity contribution < 1.29 is 9.47 Å². The van der Waals surface area contributed by atoms with Crippen LogP contribution in [0.3, 0.4) is 0 Å². The van der Waals surface area contributed by atoms with E-state index >= 15 is 0 Å². The minimum Gasteiger partial charge on any atom is -0.493 e. The molecule has 0 spiro atoms. The van der Waals surface area contributed by atoms with Gasteiger partial charge in [0, 0.05) is 20.1 Å². The first-order chi connectivity index (χ1) is 14.7. The average molecular weight is 538 g/mol. The molecule has 1 atom stereocenters. The predicted molar refractivity (Wildman–Crippen MR) is 138 cm³/mol. The van der Waals surface area contributed by atoms with Crippen LogP contribution in [0.2, 0.25) is 0 Å². The first-order valence-corrected chi connectivity index (χ1v) is 10.7. The molecule has 170 valence electrons. The van der Waals surface area contributed by atoms with Crippen molar-refractivity contribution in [2.24, 2.45) is 4.99 Å². The molecule has 7 heteroatoms. The number of nitrogens with one attached hydrogen (secondary N) is 2. The van der Waals surface area contributed by atoms with Crippen LogP contribution in [0.15, 0.2) is 53.5 Å². The van der Waals surface area contributed by atoms with Gasteiger partial charge < -0.3 is 20.1 Å². The monoisotopic (exact) mass is 538 g/mol. The molecule has 2 aromatic rings. The van der Waals surface area contributed by atoms with Gasteiger partial charge in [-0.2, -0.15) is 0 Å². The molecule has 1 fully saturated rings. The summed E-state index contributed by atoms with van der Waals surface area (Å²) in [6.07, 6.45) is 3.43. The number of nitrogens with zero attached hydrogens (tertiary/aromatic N) is 2. The van der Waals surface area contributed by atoms with Gasteiger partial charge in [-0.3, -0.25) is 9.89 Å². The largest absolute Gasteiger partial charge is 0.493 e. The number of methoxy groups -OCH3 is 2. The maximum absolute atomic E-state index is 5.40. The third kappa shape index (κ3) is 7.28. The fourth-order valence-corrected chi connectivity index (χ4v) is 3.96. The van der Waals surface area contributed by atoms with E-state index in [-0.39, 0.29) is 24.0 Å². The molecule has 1 heterocycles. The minimum absolute atomic E-state index is 0. The van der Waals surface area contributed by atoms with Crippen molar-refractivity contribution >= 4 is 29.9 Å². The van der Waals surface area contributed by atoms with Crippen molar-refractivity contribution in [3.63, 3.8) is 0 Å². The van der Waals surface area contributed by atoms with E-state index in [1.165, 1.54) is 24.0 Å². The Morgan fingerprint density at radius 3 is 2.35 bits per heavy atom. The van der Waals surface area contributed by atoms with Gasteiger partial charge >= 0.3 is 0 Å². The summed E-state index contributed by atoms with van der Waals surface area (Å²) in [5.74, 6) is 2.34. The Balaban J connectivity index is 0.00000341. The van der Waals surface area contributed by atoms with Gasteiger partial charge in [0.2, 0.25) is 0 Å². The van der Waals surface area contributed by atoms with Gasteiger partial charge in [0.15, 0.2) is 17.5 Å². The zero-order chi connectivity index (χ0) is 21.2. The summed E-state index contributed by atoms with van der Waals surface area (Å²) in [5.41, 5.74) is 2.54. The first-order valence-electron chi connectivity index (χ1n) is 10.7. The van der Waals surface area contributed by atoms with Crippen LogP contribution >= 0.6 is 24.0 Å². The number of hydrogen-bond donors (Lipinski definition) is 2. The third-order valence-corrected chi connectivity index (χ3v) is 5.61. The number of aliphatic imine (C=N–C) groups is 1. The van der Waals surface area contributed by atoms with E-state index in [4.69, 9.17) is 9.47 Å². The van der Waals surface area contributed by atoms with Crippen molar-refractivity contribution in [1.29, 1.82) is 0 Å². The standard InChI is InChI=1S/C24H34N4O2.HI/c1-25-24(26-14-13-19-11-12-22(29-2)23(17-19)30-3)27-18-21(28-15-7-8-16-28)20-9-5-4-6-10-20;/h4-6,9-12,17,21H,7-8,13-16,18H2,1-3H3,(H2,25,26,27);1H. The Bertz CT molecular complexity index is 810. The Morgan fingerprint density at radius 2 is 1.71 bits per heavy atom. The zero-order valence-corrected chi connectivity index (χ0v) is 21.1. The summed E-state index contributed by atoms with van der Waals surface area (Å²) in [6, 6.07) is 17.2. The normalized spacial score (nSPS) is 15.1. The molecule has 2 aromatic carbocycles. The van der Waals surface area contributed by atoms with Gasteiger partial charge in [0.25, 0.3) is 0 Å². The van der Waals surface area contributed by atoms with Gasteiger partial charge in [0.1, 0.15) is 0 Å². The molecular weight excluding hydrogens is 503 g/mol. The summed E-state index contributed by atoms with van der Waals surface area (Å²) in [5, 5.41) is 6.95. The van der Waals surface area contributed by atoms with Crippen molar-refractivity contribution in [1.82, 2.24) is 15.5 Å². The van der Waals surface area contributed by atoms with Crippen LogP contribution < -0.4 is 20.1 Å². The van der Waals surface area contributed by atoms with Gasteiger partial charge in [-0.25, -0.2) is 0 Å². The van der Waals surface area contributed by atoms with E-state index in [0.29, 0.717) is 6.04 Å². The molecule has 6 nitrogen and oxygen atoms in total. The van der Waals surface area contributed by atoms with Crippen molar-refractivity contribution in [3.05, 3.63) is 59.7 Å². The van der Waals surface area contributed by atoms with Gasteiger partial charge in [-0.15, -0.1) is 24.0 Å². The fraction of sp³-hybridized carbons (Fsp3) is 0.458.